The van der Waals surface area contributed by atoms with E-state index >= 15 is 0 Å². The number of hydrogen-bond donors (Lipinski definition) is 1. The van der Waals surface area contributed by atoms with Gasteiger partial charge in [-0.1, -0.05) is 17.6 Å². The third-order valence-corrected chi connectivity index (χ3v) is 1.63. The Morgan fingerprint density at radius 2 is 1.85 bits per heavy atom. The molecule has 0 bridgehead atoms. The van der Waals surface area contributed by atoms with E-state index in [-0.39, 0.29) is 5.54 Å². The van der Waals surface area contributed by atoms with E-state index in [1.807, 2.05) is 38.1 Å². The molecule has 2 N–H and O–H groups in total. The van der Waals surface area contributed by atoms with E-state index in [0.29, 0.717) is 6.61 Å². The first kappa shape index (κ1) is 10.1. The zero-order valence-corrected chi connectivity index (χ0v) is 8.50. The van der Waals surface area contributed by atoms with Crippen molar-refractivity contribution >= 4 is 13.3 Å². The van der Waals surface area contributed by atoms with E-state index in [9.17, 15) is 0 Å². The van der Waals surface area contributed by atoms with Crippen molar-refractivity contribution in [3.05, 3.63) is 24.3 Å². The van der Waals surface area contributed by atoms with Gasteiger partial charge < -0.3 is 10.5 Å². The van der Waals surface area contributed by atoms with Gasteiger partial charge in [0.05, 0.1) is 0 Å². The quantitative estimate of drug-likeness (QED) is 0.662. The van der Waals surface area contributed by atoms with Crippen molar-refractivity contribution < 1.29 is 4.74 Å². The van der Waals surface area contributed by atoms with Crippen molar-refractivity contribution in [3.8, 4) is 5.75 Å². The molecule has 0 unspecified atom stereocenters. The molecule has 1 aromatic carbocycles. The lowest BCUT2D eigenvalue weighted by Gasteiger charge is -2.18. The molecule has 1 rings (SSSR count). The Morgan fingerprint density at radius 3 is 2.31 bits per heavy atom. The van der Waals surface area contributed by atoms with Gasteiger partial charge in [0.2, 0.25) is 0 Å². The first-order valence-corrected chi connectivity index (χ1v) is 4.46. The molecule has 1 aromatic rings. The van der Waals surface area contributed by atoms with Crippen molar-refractivity contribution in [1.29, 1.82) is 0 Å². The van der Waals surface area contributed by atoms with Gasteiger partial charge in [0.1, 0.15) is 20.2 Å². The minimum absolute atomic E-state index is 0.273. The highest BCUT2D eigenvalue weighted by Gasteiger charge is 2.10. The van der Waals surface area contributed by atoms with Crippen LogP contribution in [0.1, 0.15) is 13.8 Å². The zero-order valence-electron chi connectivity index (χ0n) is 8.50. The van der Waals surface area contributed by atoms with E-state index in [1.165, 1.54) is 5.46 Å². The average molecular weight is 177 g/mol. The normalized spacial score (nSPS) is 11.3. The molecular formula is C10H16BNO. The second kappa shape index (κ2) is 3.84. The number of nitrogens with two attached hydrogens (primary N) is 1. The lowest BCUT2D eigenvalue weighted by molar-refractivity contribution is 0.243. The predicted molar refractivity (Wildman–Crippen MR) is 58.4 cm³/mol. The molecule has 0 saturated heterocycles. The smallest absolute Gasteiger partial charge is 0.139 e. The summed E-state index contributed by atoms with van der Waals surface area (Å²) in [5, 5.41) is 0. The SMILES string of the molecule is Bc1ccc(OCC(C)(C)N)cc1. The largest absolute Gasteiger partial charge is 0.492 e. The minimum atomic E-state index is -0.273. The summed E-state index contributed by atoms with van der Waals surface area (Å²) in [6.45, 7) is 4.43. The zero-order chi connectivity index (χ0) is 9.90. The first-order chi connectivity index (χ1) is 5.97. The molecule has 0 heterocycles. The standard InChI is InChI=1S/C10H16BNO/c1-10(2,12)7-13-9-5-3-8(11)4-6-9/h3-6H,7,11-12H2,1-2H3. The lowest BCUT2D eigenvalue weighted by Crippen LogP contribution is -2.38. The Morgan fingerprint density at radius 1 is 1.31 bits per heavy atom. The van der Waals surface area contributed by atoms with Gasteiger partial charge in [0, 0.05) is 5.54 Å². The maximum Gasteiger partial charge on any atom is 0.139 e. The van der Waals surface area contributed by atoms with Gasteiger partial charge in [-0.25, -0.2) is 0 Å². The third kappa shape index (κ3) is 3.99. The van der Waals surface area contributed by atoms with Gasteiger partial charge >= 0.3 is 0 Å². The molecule has 0 aliphatic rings. The molecule has 0 spiro atoms. The number of rotatable bonds is 3. The summed E-state index contributed by atoms with van der Waals surface area (Å²) in [6.07, 6.45) is 0. The lowest BCUT2D eigenvalue weighted by atomic mass is 9.97. The van der Waals surface area contributed by atoms with Crippen LogP contribution in [-0.4, -0.2) is 20.0 Å². The second-order valence-electron chi connectivity index (χ2n) is 4.09. The monoisotopic (exact) mass is 177 g/mol. The summed E-state index contributed by atoms with van der Waals surface area (Å²) in [5.74, 6) is 0.879. The molecular weight excluding hydrogens is 161 g/mol. The molecule has 13 heavy (non-hydrogen) atoms. The molecule has 70 valence electrons. The van der Waals surface area contributed by atoms with Gasteiger partial charge in [-0.3, -0.25) is 0 Å². The van der Waals surface area contributed by atoms with Crippen molar-refractivity contribution in [2.24, 2.45) is 5.73 Å². The summed E-state index contributed by atoms with van der Waals surface area (Å²) in [7, 11) is 2.05. The Labute approximate surface area is 80.5 Å². The summed E-state index contributed by atoms with van der Waals surface area (Å²) in [4.78, 5) is 0. The van der Waals surface area contributed by atoms with Gasteiger partial charge in [-0.15, -0.1) is 0 Å². The van der Waals surface area contributed by atoms with Crippen LogP contribution in [-0.2, 0) is 0 Å². The Kier molecular flexibility index (Phi) is 2.99. The van der Waals surface area contributed by atoms with Crippen LogP contribution in [0.3, 0.4) is 0 Å². The van der Waals surface area contributed by atoms with Crippen LogP contribution in [0.25, 0.3) is 0 Å². The van der Waals surface area contributed by atoms with E-state index in [2.05, 4.69) is 7.85 Å². The molecule has 0 aromatic heterocycles. The van der Waals surface area contributed by atoms with E-state index < -0.39 is 0 Å². The molecule has 0 saturated carbocycles. The fourth-order valence-electron chi connectivity index (χ4n) is 0.904. The fourth-order valence-corrected chi connectivity index (χ4v) is 0.904. The number of ether oxygens (including phenoxy) is 1. The molecule has 0 amide bonds. The highest BCUT2D eigenvalue weighted by atomic mass is 16.5. The van der Waals surface area contributed by atoms with Crippen LogP contribution >= 0.6 is 0 Å². The van der Waals surface area contributed by atoms with Crippen molar-refractivity contribution in [2.45, 2.75) is 19.4 Å². The predicted octanol–water partition coefficient (Wildman–Crippen LogP) is 0.0611. The second-order valence-corrected chi connectivity index (χ2v) is 4.09. The number of benzene rings is 1. The fraction of sp³-hybridized carbons (Fsp3) is 0.400. The van der Waals surface area contributed by atoms with Gasteiger partial charge in [-0.2, -0.15) is 0 Å². The van der Waals surface area contributed by atoms with Crippen LogP contribution in [0.15, 0.2) is 24.3 Å². The number of hydrogen-bond acceptors (Lipinski definition) is 2. The Hall–Kier alpha value is -0.955. The van der Waals surface area contributed by atoms with Gasteiger partial charge in [-0.05, 0) is 26.0 Å². The van der Waals surface area contributed by atoms with Crippen molar-refractivity contribution in [2.75, 3.05) is 6.61 Å². The molecule has 0 radical (unpaired) electrons. The van der Waals surface area contributed by atoms with Crippen LogP contribution in [0, 0.1) is 0 Å². The maximum atomic E-state index is 5.79. The van der Waals surface area contributed by atoms with Crippen molar-refractivity contribution in [3.63, 3.8) is 0 Å². The van der Waals surface area contributed by atoms with Crippen LogP contribution in [0.4, 0.5) is 0 Å². The topological polar surface area (TPSA) is 35.2 Å². The summed E-state index contributed by atoms with van der Waals surface area (Å²) >= 11 is 0. The molecule has 0 aliphatic heterocycles. The summed E-state index contributed by atoms with van der Waals surface area (Å²) in [5.41, 5.74) is 6.75. The van der Waals surface area contributed by atoms with E-state index in [1.54, 1.807) is 0 Å². The van der Waals surface area contributed by atoms with Crippen LogP contribution in [0.2, 0.25) is 0 Å². The maximum absolute atomic E-state index is 5.79. The Balaban J connectivity index is 2.51. The average Bonchev–Trinajstić information content (AvgIpc) is 2.02. The Bertz CT molecular complexity index is 263. The summed E-state index contributed by atoms with van der Waals surface area (Å²) in [6, 6.07) is 7.97. The molecule has 0 aliphatic carbocycles. The van der Waals surface area contributed by atoms with Crippen LogP contribution < -0.4 is 15.9 Å². The highest BCUT2D eigenvalue weighted by Crippen LogP contribution is 2.09. The molecule has 3 heteroatoms. The minimum Gasteiger partial charge on any atom is -0.492 e. The first-order valence-electron chi connectivity index (χ1n) is 4.46. The van der Waals surface area contributed by atoms with Gasteiger partial charge in [0.25, 0.3) is 0 Å². The third-order valence-electron chi connectivity index (χ3n) is 1.63. The summed E-state index contributed by atoms with van der Waals surface area (Å²) < 4.78 is 5.50. The van der Waals surface area contributed by atoms with Crippen LogP contribution in [0.5, 0.6) is 5.75 Å². The van der Waals surface area contributed by atoms with Gasteiger partial charge in [0.15, 0.2) is 0 Å². The van der Waals surface area contributed by atoms with Crippen molar-refractivity contribution in [1.82, 2.24) is 0 Å². The van der Waals surface area contributed by atoms with E-state index in [4.69, 9.17) is 10.5 Å². The molecule has 0 fully saturated rings. The highest BCUT2D eigenvalue weighted by molar-refractivity contribution is 6.32. The molecule has 0 atom stereocenters. The van der Waals surface area contributed by atoms with E-state index in [0.717, 1.165) is 5.75 Å². The molecule has 2 nitrogen and oxygen atoms in total.